The van der Waals surface area contributed by atoms with Crippen LogP contribution >= 0.6 is 11.8 Å². The summed E-state index contributed by atoms with van der Waals surface area (Å²) in [6.45, 7) is 9.71. The average molecular weight is 367 g/mol. The Labute approximate surface area is 147 Å². The lowest BCUT2D eigenvalue weighted by molar-refractivity contribution is -0.111. The molecular weight excluding hydrogens is 332 g/mol. The van der Waals surface area contributed by atoms with Gasteiger partial charge in [-0.1, -0.05) is 44.4 Å². The molecule has 0 aliphatic rings. The van der Waals surface area contributed by atoms with Crippen molar-refractivity contribution in [1.82, 2.24) is 0 Å². The first kappa shape index (κ1) is 23.1. The average Bonchev–Trinajstić information content (AvgIpc) is 2.52. The van der Waals surface area contributed by atoms with Gasteiger partial charge in [0.05, 0.1) is 6.61 Å². The lowest BCUT2D eigenvalue weighted by atomic mass is 10.1. The second kappa shape index (κ2) is 15.6. The van der Waals surface area contributed by atoms with E-state index in [1.807, 2.05) is 20.8 Å². The molecule has 0 spiro atoms. The molecule has 7 heteroatoms. The van der Waals surface area contributed by atoms with Gasteiger partial charge in [-0.2, -0.15) is 0 Å². The fourth-order valence-corrected chi connectivity index (χ4v) is 4.79. The molecule has 5 nitrogen and oxygen atoms in total. The largest absolute Gasteiger partial charge is 0.679 e. The zero-order valence-electron chi connectivity index (χ0n) is 15.2. The van der Waals surface area contributed by atoms with Gasteiger partial charge in [-0.15, -0.1) is 0 Å². The molecule has 138 valence electrons. The van der Waals surface area contributed by atoms with Gasteiger partial charge >= 0.3 is 9.05 Å². The summed E-state index contributed by atoms with van der Waals surface area (Å²) in [7, 11) is -3.03. The molecule has 0 radical (unpaired) electrons. The van der Waals surface area contributed by atoms with Crippen LogP contribution in [0, 0.1) is 0 Å². The van der Waals surface area contributed by atoms with Gasteiger partial charge in [0.1, 0.15) is 0 Å². The predicted octanol–water partition coefficient (Wildman–Crippen LogP) is 4.17. The van der Waals surface area contributed by atoms with Crippen LogP contribution in [-0.2, 0) is 22.5 Å². The number of carbonyl (C=O) groups is 1. The van der Waals surface area contributed by atoms with Gasteiger partial charge in [0.15, 0.2) is 5.12 Å². The van der Waals surface area contributed by atoms with E-state index in [1.165, 1.54) is 31.0 Å². The number of rotatable bonds is 16. The van der Waals surface area contributed by atoms with Crippen LogP contribution in [0.25, 0.3) is 0 Å². The summed E-state index contributed by atoms with van der Waals surface area (Å²) in [6.07, 6.45) is 6.50. The quantitative estimate of drug-likeness (QED) is 0.302. The minimum Gasteiger partial charge on any atom is -0.351 e. The van der Waals surface area contributed by atoms with Gasteiger partial charge in [0, 0.05) is 32.0 Å². The van der Waals surface area contributed by atoms with Crippen molar-refractivity contribution < 1.29 is 22.5 Å². The van der Waals surface area contributed by atoms with Gasteiger partial charge in [-0.05, 0) is 27.2 Å². The van der Waals surface area contributed by atoms with Crippen molar-refractivity contribution in [2.45, 2.75) is 66.2 Å². The molecule has 0 aromatic carbocycles. The molecule has 0 saturated heterocycles. The highest BCUT2D eigenvalue weighted by molar-refractivity contribution is 8.13. The van der Waals surface area contributed by atoms with E-state index in [1.54, 1.807) is 0 Å². The Kier molecular flexibility index (Phi) is 15.6. The third-order valence-electron chi connectivity index (χ3n) is 3.07. The summed E-state index contributed by atoms with van der Waals surface area (Å²) < 4.78 is 22.6. The summed E-state index contributed by atoms with van der Waals surface area (Å²) in [5.41, 5.74) is 0. The van der Waals surface area contributed by atoms with Gasteiger partial charge in [0.2, 0.25) is 0 Å². The summed E-state index contributed by atoms with van der Waals surface area (Å²) in [5, 5.41) is 0.238. The number of hydrogen-bond acceptors (Lipinski definition) is 6. The van der Waals surface area contributed by atoms with Crippen molar-refractivity contribution in [2.75, 3.05) is 32.2 Å². The molecule has 0 fully saturated rings. The maximum atomic E-state index is 11.8. The van der Waals surface area contributed by atoms with Gasteiger partial charge in [-0.3, -0.25) is 4.79 Å². The van der Waals surface area contributed by atoms with E-state index in [9.17, 15) is 4.79 Å². The molecule has 0 saturated carbocycles. The zero-order valence-corrected chi connectivity index (χ0v) is 17.0. The van der Waals surface area contributed by atoms with Crippen LogP contribution in [-0.4, -0.2) is 46.3 Å². The van der Waals surface area contributed by atoms with Gasteiger partial charge in [-0.25, -0.2) is 0 Å². The maximum Gasteiger partial charge on any atom is 0.679 e. The van der Waals surface area contributed by atoms with Crippen LogP contribution < -0.4 is 0 Å². The lowest BCUT2D eigenvalue weighted by Gasteiger charge is -2.26. The van der Waals surface area contributed by atoms with Crippen LogP contribution in [0.15, 0.2) is 0 Å². The number of carbonyl (C=O) groups excluding carboxylic acids is 1. The normalized spacial score (nSPS) is 11.8. The number of hydrogen-bond donors (Lipinski definition) is 0. The lowest BCUT2D eigenvalue weighted by Crippen LogP contribution is -2.49. The second-order valence-electron chi connectivity index (χ2n) is 5.03. The van der Waals surface area contributed by atoms with Crippen molar-refractivity contribution in [3.05, 3.63) is 0 Å². The summed E-state index contributed by atoms with van der Waals surface area (Å²) in [4.78, 5) is 11.8. The Morgan fingerprint density at radius 2 is 1.39 bits per heavy atom. The van der Waals surface area contributed by atoms with Crippen molar-refractivity contribution in [3.63, 3.8) is 0 Å². The zero-order chi connectivity index (χ0) is 17.4. The molecule has 0 rings (SSSR count). The van der Waals surface area contributed by atoms with Gasteiger partial charge < -0.3 is 17.7 Å². The molecule has 0 aromatic heterocycles. The van der Waals surface area contributed by atoms with Gasteiger partial charge in [0.25, 0.3) is 0 Å². The summed E-state index contributed by atoms with van der Waals surface area (Å²) in [6, 6.07) is 0. The summed E-state index contributed by atoms with van der Waals surface area (Å²) >= 11 is 1.33. The standard InChI is InChI=1S/C16H34O5SSi/c1-5-9-10-11-12-13-16(17)22-15-14-21-23(18-6-2,19-7-3)20-8-4/h5-15H2,1-4H3. The second-order valence-corrected chi connectivity index (χ2v) is 8.34. The Bertz CT molecular complexity index is 275. The Hall–Kier alpha value is 0.0769. The van der Waals surface area contributed by atoms with E-state index in [0.29, 0.717) is 38.6 Å². The summed E-state index contributed by atoms with van der Waals surface area (Å²) in [5.74, 6) is 0.607. The highest BCUT2D eigenvalue weighted by Gasteiger charge is 2.44. The SMILES string of the molecule is CCCCCCCC(=O)SCCO[Si](OCC)(OCC)OCC. The fourth-order valence-electron chi connectivity index (χ4n) is 2.05. The highest BCUT2D eigenvalue weighted by Crippen LogP contribution is 2.15. The Balaban J connectivity index is 3.93. The topological polar surface area (TPSA) is 54.0 Å². The molecule has 0 unspecified atom stereocenters. The molecule has 0 bridgehead atoms. The first-order valence-corrected chi connectivity index (χ1v) is 11.5. The predicted molar refractivity (Wildman–Crippen MR) is 97.4 cm³/mol. The highest BCUT2D eigenvalue weighted by atomic mass is 32.2. The molecule has 0 heterocycles. The van der Waals surface area contributed by atoms with Crippen LogP contribution in [0.5, 0.6) is 0 Å². The first-order chi connectivity index (χ1) is 11.1. The van der Waals surface area contributed by atoms with Crippen LogP contribution in [0.4, 0.5) is 0 Å². The first-order valence-electron chi connectivity index (χ1n) is 8.85. The van der Waals surface area contributed by atoms with Crippen molar-refractivity contribution in [2.24, 2.45) is 0 Å². The molecule has 0 aliphatic carbocycles. The van der Waals surface area contributed by atoms with E-state index >= 15 is 0 Å². The molecule has 23 heavy (non-hydrogen) atoms. The third-order valence-corrected chi connectivity index (χ3v) is 6.45. The van der Waals surface area contributed by atoms with Crippen LogP contribution in [0.3, 0.4) is 0 Å². The number of unbranched alkanes of at least 4 members (excludes halogenated alkanes) is 4. The molecule has 0 atom stereocenters. The van der Waals surface area contributed by atoms with E-state index < -0.39 is 9.05 Å². The minimum absolute atomic E-state index is 0.238. The molecule has 0 amide bonds. The van der Waals surface area contributed by atoms with E-state index in [4.69, 9.17) is 17.7 Å². The monoisotopic (exact) mass is 366 g/mol. The molecular formula is C16H34O5SSi. The molecule has 0 N–H and O–H groups in total. The van der Waals surface area contributed by atoms with Crippen molar-refractivity contribution in [1.29, 1.82) is 0 Å². The third kappa shape index (κ3) is 12.1. The minimum atomic E-state index is -3.03. The van der Waals surface area contributed by atoms with Crippen LogP contribution in [0.2, 0.25) is 0 Å². The fraction of sp³-hybridized carbons (Fsp3) is 0.938. The van der Waals surface area contributed by atoms with Crippen molar-refractivity contribution in [3.8, 4) is 0 Å². The van der Waals surface area contributed by atoms with Crippen LogP contribution in [0.1, 0.15) is 66.2 Å². The van der Waals surface area contributed by atoms with Crippen molar-refractivity contribution >= 4 is 25.9 Å². The van der Waals surface area contributed by atoms with E-state index in [0.717, 1.165) is 12.8 Å². The molecule has 0 aromatic rings. The molecule has 0 aliphatic heterocycles. The smallest absolute Gasteiger partial charge is 0.351 e. The Morgan fingerprint density at radius 3 is 1.91 bits per heavy atom. The van der Waals surface area contributed by atoms with E-state index in [2.05, 4.69) is 6.92 Å². The number of thioether (sulfide) groups is 1. The maximum absolute atomic E-state index is 11.8. The Morgan fingerprint density at radius 1 is 0.826 bits per heavy atom. The van der Waals surface area contributed by atoms with E-state index in [-0.39, 0.29) is 5.12 Å².